The Balaban J connectivity index is 1.35. The number of rotatable bonds is 10. The Bertz CT molecular complexity index is 1750. The van der Waals surface area contributed by atoms with Gasteiger partial charge in [-0.15, -0.1) is 0 Å². The Morgan fingerprint density at radius 1 is 1.13 bits per heavy atom. The van der Waals surface area contributed by atoms with Crippen LogP contribution in [0.25, 0.3) is 15.6 Å². The first-order valence-corrected chi connectivity index (χ1v) is 17.9. The van der Waals surface area contributed by atoms with Crippen LogP contribution >= 0.6 is 0 Å². The van der Waals surface area contributed by atoms with Crippen LogP contribution in [0.15, 0.2) is 48.4 Å². The summed E-state index contributed by atoms with van der Waals surface area (Å²) in [7, 11) is -1.49. The third-order valence-corrected chi connectivity index (χ3v) is 11.8. The molecule has 0 spiro atoms. The van der Waals surface area contributed by atoms with Crippen LogP contribution in [0.2, 0.25) is 0 Å². The van der Waals surface area contributed by atoms with Gasteiger partial charge in [0, 0.05) is 60.3 Å². The minimum atomic E-state index is -3.66. The zero-order valence-corrected chi connectivity index (χ0v) is 28.2. The summed E-state index contributed by atoms with van der Waals surface area (Å²) in [6, 6.07) is 13.5. The molecular weight excluding hydrogens is 598 g/mol. The predicted octanol–water partition coefficient (Wildman–Crippen LogP) is 5.02. The number of aromatic nitrogens is 2. The minimum absolute atomic E-state index is 0.0659. The number of fused-ring (bicyclic) bond motifs is 2. The molecule has 2 aliphatic heterocycles. The summed E-state index contributed by atoms with van der Waals surface area (Å²) in [5.74, 6) is 0.784. The smallest absolute Gasteiger partial charge is 0.318 e. The molecule has 244 valence electrons. The summed E-state index contributed by atoms with van der Waals surface area (Å²) >= 11 is 0. The fraction of sp³-hybridized carbons (Fsp3) is 0.514. The van der Waals surface area contributed by atoms with E-state index in [-0.39, 0.29) is 25.2 Å². The van der Waals surface area contributed by atoms with Crippen LogP contribution in [0.5, 0.6) is 6.01 Å². The van der Waals surface area contributed by atoms with E-state index in [2.05, 4.69) is 90.3 Å². The van der Waals surface area contributed by atoms with Crippen molar-refractivity contribution in [1.82, 2.24) is 19.2 Å². The van der Waals surface area contributed by atoms with E-state index in [1.165, 1.54) is 45.6 Å². The Hall–Kier alpha value is -3.72. The second-order valence-corrected chi connectivity index (χ2v) is 14.8. The van der Waals surface area contributed by atoms with E-state index in [0.717, 1.165) is 35.4 Å². The summed E-state index contributed by atoms with van der Waals surface area (Å²) in [5.41, 5.74) is 4.41. The molecule has 0 unspecified atom stereocenters. The average Bonchev–Trinajstić information content (AvgIpc) is 3.02. The van der Waals surface area contributed by atoms with Gasteiger partial charge in [0.05, 0.1) is 12.2 Å². The van der Waals surface area contributed by atoms with Crippen LogP contribution in [0.3, 0.4) is 0 Å². The number of likely N-dealkylation sites (N-methyl/N-ethyl adjacent to an activating group) is 1. The molecule has 1 aliphatic carbocycles. The van der Waals surface area contributed by atoms with Crippen molar-refractivity contribution in [2.24, 2.45) is 0 Å². The molecule has 10 nitrogen and oxygen atoms in total. The van der Waals surface area contributed by atoms with Gasteiger partial charge in [0.1, 0.15) is 18.0 Å². The molecule has 2 aromatic carbocycles. The van der Waals surface area contributed by atoms with Crippen LogP contribution in [-0.4, -0.2) is 91.6 Å². The molecule has 3 aliphatic rings. The topological polar surface area (TPSA) is 86.5 Å². The molecule has 0 N–H and O–H groups in total. The largest absolute Gasteiger partial charge is 0.459 e. The molecule has 2 fully saturated rings. The second kappa shape index (κ2) is 13.2. The van der Waals surface area contributed by atoms with Crippen LogP contribution in [0.1, 0.15) is 49.9 Å². The summed E-state index contributed by atoms with van der Waals surface area (Å²) in [6.45, 7) is 20.0. The third kappa shape index (κ3) is 6.18. The van der Waals surface area contributed by atoms with Crippen molar-refractivity contribution in [3.63, 3.8) is 0 Å². The molecular formula is C35H45N7O3S. The fourth-order valence-corrected chi connectivity index (χ4v) is 8.19. The van der Waals surface area contributed by atoms with Gasteiger partial charge in [0.2, 0.25) is 16.6 Å². The molecule has 1 aromatic heterocycles. The van der Waals surface area contributed by atoms with Gasteiger partial charge in [-0.05, 0) is 64.1 Å². The highest BCUT2D eigenvalue weighted by molar-refractivity contribution is 7.92. The summed E-state index contributed by atoms with van der Waals surface area (Å²) in [4.78, 5) is 20.6. The highest BCUT2D eigenvalue weighted by Gasteiger charge is 2.38. The Labute approximate surface area is 273 Å². The quantitative estimate of drug-likeness (QED) is 0.285. The van der Waals surface area contributed by atoms with Gasteiger partial charge in [-0.1, -0.05) is 43.3 Å². The number of ether oxygens (including phenoxy) is 1. The molecule has 1 saturated heterocycles. The van der Waals surface area contributed by atoms with Gasteiger partial charge >= 0.3 is 6.01 Å². The molecule has 11 heteroatoms. The fourth-order valence-electron chi connectivity index (χ4n) is 7.12. The summed E-state index contributed by atoms with van der Waals surface area (Å²) in [5, 5.41) is 3.44. The Kier molecular flexibility index (Phi) is 9.24. The van der Waals surface area contributed by atoms with Gasteiger partial charge in [-0.25, -0.2) is 15.0 Å². The Morgan fingerprint density at radius 2 is 1.89 bits per heavy atom. The van der Waals surface area contributed by atoms with E-state index in [1.54, 1.807) is 0 Å². The van der Waals surface area contributed by atoms with Gasteiger partial charge in [-0.2, -0.15) is 14.3 Å². The van der Waals surface area contributed by atoms with Crippen molar-refractivity contribution >= 4 is 32.3 Å². The maximum Gasteiger partial charge on any atom is 0.318 e. The number of nitrogens with zero attached hydrogens (tertiary/aromatic N) is 7. The highest BCUT2D eigenvalue weighted by atomic mass is 32.2. The minimum Gasteiger partial charge on any atom is -0.459 e. The maximum absolute atomic E-state index is 12.8. The van der Waals surface area contributed by atoms with Crippen molar-refractivity contribution in [3.05, 3.63) is 76.6 Å². The maximum atomic E-state index is 12.8. The van der Waals surface area contributed by atoms with Crippen molar-refractivity contribution in [1.29, 1.82) is 0 Å². The number of benzene rings is 2. The number of piperazine rings is 1. The van der Waals surface area contributed by atoms with E-state index in [9.17, 15) is 8.42 Å². The van der Waals surface area contributed by atoms with Gasteiger partial charge in [0.25, 0.3) is 0 Å². The number of sulfonamides is 1. The molecule has 3 heterocycles. The predicted molar refractivity (Wildman–Crippen MR) is 184 cm³/mol. The standard InChI is InChI=1S/C35H45N7O3S/c1-7-46(43,44)42-20-19-41(22-29(42)21-36-5)34-30-17-18-40(32-16-9-13-27-12-8-11-24(2)33(27)32)23-31(30)37-35(38-34)45-26(4)25(3)39(6)28-14-10-15-28/h7-9,11-13,16,25-26,28-29H,1,10,14-15,17-23H2,2-4,6H3/t25-,26-,29-/m0/s1. The average molecular weight is 644 g/mol. The first-order valence-electron chi connectivity index (χ1n) is 16.4. The molecule has 3 atom stereocenters. The lowest BCUT2D eigenvalue weighted by Gasteiger charge is -2.41. The monoisotopic (exact) mass is 643 g/mol. The van der Waals surface area contributed by atoms with Crippen molar-refractivity contribution in [2.45, 2.75) is 77.2 Å². The SMILES string of the molecule is [C-]#[N+]C[C@H]1CN(c2nc(O[C@@H](C)[C@H](C)N(C)C3CCC3)nc3c2CCN(c2cccc4cccc(C)c24)C3)CCN1S(=O)(=O)C=C. The van der Waals surface area contributed by atoms with Crippen molar-refractivity contribution in [2.75, 3.05) is 49.6 Å². The molecule has 0 bridgehead atoms. The first-order chi connectivity index (χ1) is 22.1. The van der Waals surface area contributed by atoms with Crippen LogP contribution in [0, 0.1) is 13.5 Å². The molecule has 0 amide bonds. The lowest BCUT2D eigenvalue weighted by molar-refractivity contribution is 0.0443. The lowest BCUT2D eigenvalue weighted by atomic mass is 9.90. The van der Waals surface area contributed by atoms with E-state index >= 15 is 0 Å². The Morgan fingerprint density at radius 3 is 2.59 bits per heavy atom. The number of aryl methyl sites for hydroxylation is 1. The summed E-state index contributed by atoms with van der Waals surface area (Å²) < 4.78 is 33.5. The van der Waals surface area contributed by atoms with Gasteiger partial charge < -0.3 is 19.4 Å². The van der Waals surface area contributed by atoms with Crippen LogP contribution < -0.4 is 14.5 Å². The molecule has 46 heavy (non-hydrogen) atoms. The van der Waals surface area contributed by atoms with Crippen LogP contribution in [-0.2, 0) is 23.0 Å². The molecule has 1 saturated carbocycles. The van der Waals surface area contributed by atoms with E-state index in [4.69, 9.17) is 21.3 Å². The van der Waals surface area contributed by atoms with Gasteiger partial charge in [-0.3, -0.25) is 4.90 Å². The number of hydrogen-bond acceptors (Lipinski definition) is 8. The lowest BCUT2D eigenvalue weighted by Crippen LogP contribution is -2.56. The normalized spacial score (nSPS) is 20.6. The highest BCUT2D eigenvalue weighted by Crippen LogP contribution is 2.36. The molecule has 0 radical (unpaired) electrons. The van der Waals surface area contributed by atoms with E-state index in [0.29, 0.717) is 31.7 Å². The second-order valence-electron chi connectivity index (χ2n) is 13.0. The molecule has 6 rings (SSSR count). The van der Waals surface area contributed by atoms with E-state index in [1.807, 2.05) is 0 Å². The third-order valence-electron chi connectivity index (χ3n) is 10.3. The number of anilines is 2. The van der Waals surface area contributed by atoms with E-state index < -0.39 is 16.1 Å². The zero-order valence-electron chi connectivity index (χ0n) is 27.4. The van der Waals surface area contributed by atoms with Crippen LogP contribution in [0.4, 0.5) is 11.5 Å². The first kappa shape index (κ1) is 32.2. The van der Waals surface area contributed by atoms with Crippen molar-refractivity contribution in [3.8, 4) is 6.01 Å². The summed E-state index contributed by atoms with van der Waals surface area (Å²) in [6.07, 6.45) is 4.31. The number of hydrogen-bond donors (Lipinski definition) is 0. The molecule has 3 aromatic rings. The van der Waals surface area contributed by atoms with Gasteiger partial charge in [0.15, 0.2) is 0 Å². The zero-order chi connectivity index (χ0) is 32.6. The van der Waals surface area contributed by atoms with Crippen molar-refractivity contribution < 1.29 is 13.2 Å².